The van der Waals surface area contributed by atoms with E-state index in [2.05, 4.69) is 27.2 Å². The Bertz CT molecular complexity index is 389. The summed E-state index contributed by atoms with van der Waals surface area (Å²) in [5.74, 6) is 7.58. The summed E-state index contributed by atoms with van der Waals surface area (Å²) in [5.41, 5.74) is 2.45. The van der Waals surface area contributed by atoms with Crippen molar-refractivity contribution in [3.8, 4) is 0 Å². The van der Waals surface area contributed by atoms with Crippen LogP contribution in [0.1, 0.15) is 13.3 Å². The highest BCUT2D eigenvalue weighted by Gasteiger charge is 2.22. The van der Waals surface area contributed by atoms with Crippen LogP contribution in [-0.2, 0) is 0 Å². The summed E-state index contributed by atoms with van der Waals surface area (Å²) in [7, 11) is 0. The van der Waals surface area contributed by atoms with Crippen molar-refractivity contribution >= 4 is 35.1 Å². The molecule has 1 aromatic heterocycles. The molecule has 1 atom stereocenters. The number of thioether (sulfide) groups is 1. The molecule has 7 heteroatoms. The molecule has 0 saturated carbocycles. The maximum absolute atomic E-state index is 6.14. The van der Waals surface area contributed by atoms with Crippen LogP contribution in [0.4, 0.5) is 11.8 Å². The maximum atomic E-state index is 6.14. The van der Waals surface area contributed by atoms with E-state index in [1.165, 1.54) is 0 Å². The lowest BCUT2D eigenvalue weighted by molar-refractivity contribution is 0.719. The molecule has 0 spiro atoms. The Hall–Kier alpha value is -0.720. The number of rotatable bonds is 3. The van der Waals surface area contributed by atoms with Crippen LogP contribution in [0.25, 0.3) is 0 Å². The first-order valence-corrected chi connectivity index (χ1v) is 7.03. The number of anilines is 2. The predicted octanol–water partition coefficient (Wildman–Crippen LogP) is 1.75. The van der Waals surface area contributed by atoms with Crippen molar-refractivity contribution in [2.24, 2.45) is 5.84 Å². The summed E-state index contributed by atoms with van der Waals surface area (Å²) in [6.07, 6.45) is 2.74. The minimum atomic E-state index is 0.399. The molecule has 5 nitrogen and oxygen atoms in total. The summed E-state index contributed by atoms with van der Waals surface area (Å²) in [6.45, 7) is 4.14. The third-order valence-electron chi connectivity index (χ3n) is 2.75. The normalized spacial score (nSPS) is 20.4. The number of hydrogen-bond acceptors (Lipinski definition) is 6. The molecule has 0 aromatic carbocycles. The topological polar surface area (TPSA) is 67.1 Å². The van der Waals surface area contributed by atoms with Gasteiger partial charge in [-0.2, -0.15) is 16.7 Å². The molecule has 2 rings (SSSR count). The molecule has 1 unspecified atom stereocenters. The molecule has 0 aliphatic carbocycles. The van der Waals surface area contributed by atoms with Gasteiger partial charge in [0.15, 0.2) is 5.82 Å². The Morgan fingerprint density at radius 3 is 3.24 bits per heavy atom. The van der Waals surface area contributed by atoms with Gasteiger partial charge in [0.1, 0.15) is 5.02 Å². The molecule has 0 radical (unpaired) electrons. The van der Waals surface area contributed by atoms with E-state index in [1.807, 2.05) is 11.8 Å². The molecule has 94 valence electrons. The van der Waals surface area contributed by atoms with Crippen molar-refractivity contribution < 1.29 is 0 Å². The van der Waals surface area contributed by atoms with Crippen LogP contribution in [0.2, 0.25) is 5.02 Å². The van der Waals surface area contributed by atoms with Crippen molar-refractivity contribution in [2.45, 2.75) is 18.6 Å². The lowest BCUT2D eigenvalue weighted by atomic mass is 10.3. The zero-order chi connectivity index (χ0) is 12.3. The quantitative estimate of drug-likeness (QED) is 0.646. The van der Waals surface area contributed by atoms with Crippen LogP contribution < -0.4 is 16.2 Å². The maximum Gasteiger partial charge on any atom is 0.239 e. The van der Waals surface area contributed by atoms with Crippen molar-refractivity contribution in [3.05, 3.63) is 11.2 Å². The number of hydrogen-bond donors (Lipinski definition) is 2. The Balaban J connectivity index is 2.20. The van der Waals surface area contributed by atoms with E-state index in [9.17, 15) is 0 Å². The molecule has 1 aromatic rings. The number of nitrogens with zero attached hydrogens (tertiary/aromatic N) is 3. The second-order valence-electron chi connectivity index (χ2n) is 3.86. The third-order valence-corrected chi connectivity index (χ3v) is 4.39. The van der Waals surface area contributed by atoms with E-state index >= 15 is 0 Å². The van der Waals surface area contributed by atoms with Gasteiger partial charge in [-0.25, -0.2) is 10.8 Å². The highest BCUT2D eigenvalue weighted by Crippen LogP contribution is 2.29. The van der Waals surface area contributed by atoms with Crippen LogP contribution in [0.3, 0.4) is 0 Å². The number of nitrogens with two attached hydrogens (primary N) is 1. The molecule has 3 N–H and O–H groups in total. The number of aromatic nitrogens is 2. The van der Waals surface area contributed by atoms with Crippen LogP contribution in [-0.4, -0.2) is 34.1 Å². The molecule has 1 fully saturated rings. The third kappa shape index (κ3) is 2.94. The van der Waals surface area contributed by atoms with E-state index < -0.39 is 0 Å². The summed E-state index contributed by atoms with van der Waals surface area (Å²) in [5, 5.41) is 1.22. The summed E-state index contributed by atoms with van der Waals surface area (Å²) >= 11 is 8.14. The first-order chi connectivity index (χ1) is 8.24. The summed E-state index contributed by atoms with van der Waals surface area (Å²) in [4.78, 5) is 10.5. The van der Waals surface area contributed by atoms with Gasteiger partial charge in [-0.05, 0) is 6.42 Å². The Kier molecular flexibility index (Phi) is 4.31. The Morgan fingerprint density at radius 2 is 2.53 bits per heavy atom. The van der Waals surface area contributed by atoms with Gasteiger partial charge in [-0.15, -0.1) is 0 Å². The van der Waals surface area contributed by atoms with Gasteiger partial charge in [0, 0.05) is 24.1 Å². The lowest BCUT2D eigenvalue weighted by Gasteiger charge is -2.33. The van der Waals surface area contributed by atoms with Crippen LogP contribution >= 0.6 is 23.4 Å². The fourth-order valence-electron chi connectivity index (χ4n) is 1.81. The fourth-order valence-corrected chi connectivity index (χ4v) is 3.20. The zero-order valence-corrected chi connectivity index (χ0v) is 11.3. The first-order valence-electron chi connectivity index (χ1n) is 5.60. The molecule has 1 aliphatic heterocycles. The van der Waals surface area contributed by atoms with Gasteiger partial charge < -0.3 is 4.90 Å². The van der Waals surface area contributed by atoms with Gasteiger partial charge in [0.05, 0.1) is 6.20 Å². The molecular formula is C10H16ClN5S. The van der Waals surface area contributed by atoms with Gasteiger partial charge in [0.25, 0.3) is 0 Å². The highest BCUT2D eigenvalue weighted by molar-refractivity contribution is 8.00. The largest absolute Gasteiger partial charge is 0.353 e. The van der Waals surface area contributed by atoms with Gasteiger partial charge in [-0.1, -0.05) is 18.5 Å². The molecule has 2 heterocycles. The summed E-state index contributed by atoms with van der Waals surface area (Å²) in [6, 6.07) is 0. The SMILES string of the molecule is CCC1CN(c2nc(NN)ncc2Cl)CCS1. The molecular weight excluding hydrogens is 258 g/mol. The van der Waals surface area contributed by atoms with E-state index in [1.54, 1.807) is 6.20 Å². The average molecular weight is 274 g/mol. The van der Waals surface area contributed by atoms with Gasteiger partial charge in [-0.3, -0.25) is 5.43 Å². The first kappa shape index (κ1) is 12.7. The average Bonchev–Trinajstić information content (AvgIpc) is 2.39. The van der Waals surface area contributed by atoms with Crippen molar-refractivity contribution in [1.82, 2.24) is 9.97 Å². The number of nitrogens with one attached hydrogen (secondary N) is 1. The second-order valence-corrected chi connectivity index (χ2v) is 5.67. The van der Waals surface area contributed by atoms with Crippen molar-refractivity contribution in [2.75, 3.05) is 29.2 Å². The van der Waals surface area contributed by atoms with Crippen molar-refractivity contribution in [1.29, 1.82) is 0 Å². The fraction of sp³-hybridized carbons (Fsp3) is 0.600. The van der Waals surface area contributed by atoms with E-state index in [4.69, 9.17) is 17.4 Å². The van der Waals surface area contributed by atoms with Crippen LogP contribution in [0.5, 0.6) is 0 Å². The molecule has 0 amide bonds. The highest BCUT2D eigenvalue weighted by atomic mass is 35.5. The minimum absolute atomic E-state index is 0.399. The van der Waals surface area contributed by atoms with Crippen LogP contribution in [0, 0.1) is 0 Å². The number of hydrazine groups is 1. The van der Waals surface area contributed by atoms with E-state index in [0.717, 1.165) is 31.1 Å². The van der Waals surface area contributed by atoms with E-state index in [0.29, 0.717) is 16.2 Å². The number of halogens is 1. The van der Waals surface area contributed by atoms with E-state index in [-0.39, 0.29) is 0 Å². The minimum Gasteiger partial charge on any atom is -0.353 e. The van der Waals surface area contributed by atoms with Gasteiger partial charge in [0.2, 0.25) is 5.95 Å². The van der Waals surface area contributed by atoms with Gasteiger partial charge >= 0.3 is 0 Å². The second kappa shape index (κ2) is 5.75. The number of nitrogen functional groups attached to an aromatic ring is 1. The van der Waals surface area contributed by atoms with Crippen LogP contribution in [0.15, 0.2) is 6.20 Å². The summed E-state index contributed by atoms with van der Waals surface area (Å²) < 4.78 is 0. The Morgan fingerprint density at radius 1 is 1.71 bits per heavy atom. The van der Waals surface area contributed by atoms with Crippen molar-refractivity contribution in [3.63, 3.8) is 0 Å². The standard InChI is InChI=1S/C10H16ClN5S/c1-2-7-6-16(3-4-17-7)9-8(11)5-13-10(14-9)15-12/h5,7H,2-4,6,12H2,1H3,(H,13,14,15). The monoisotopic (exact) mass is 273 g/mol. The zero-order valence-electron chi connectivity index (χ0n) is 9.69. The predicted molar refractivity (Wildman–Crippen MR) is 73.6 cm³/mol. The lowest BCUT2D eigenvalue weighted by Crippen LogP contribution is -2.38. The smallest absolute Gasteiger partial charge is 0.239 e. The Labute approximate surface area is 110 Å². The molecule has 0 bridgehead atoms. The molecule has 1 aliphatic rings. The molecule has 17 heavy (non-hydrogen) atoms. The molecule has 1 saturated heterocycles.